The molecule has 0 aromatic rings. The maximum atomic E-state index is 12.2. The highest BCUT2D eigenvalue weighted by molar-refractivity contribution is 7.85. The van der Waals surface area contributed by atoms with Crippen molar-refractivity contribution < 1.29 is 31.7 Å². The zero-order chi connectivity index (χ0) is 22.3. The standard InChI is InChI=1S/C19H35N3O6S/c1-18(2)11-16(12-19(3,13-18)14-27-15-20)21-17(23)28-9-8-22(4,5)7-6-10-29(24,25)26/h16H,6-14H2,1-5H3,(H-,21,23,24,25,26). The number of nitrogens with one attached hydrogen (secondary N) is 1. The van der Waals surface area contributed by atoms with Gasteiger partial charge in [0, 0.05) is 23.6 Å². The summed E-state index contributed by atoms with van der Waals surface area (Å²) in [7, 11) is -0.420. The number of carbonyl (C=O) groups excluding carboxylic acids is 1. The second-order valence-corrected chi connectivity index (χ2v) is 11.4. The first-order valence-corrected chi connectivity index (χ1v) is 11.4. The zero-order valence-electron chi connectivity index (χ0n) is 18.2. The van der Waals surface area contributed by atoms with Crippen LogP contribution in [0.5, 0.6) is 0 Å². The summed E-state index contributed by atoms with van der Waals surface area (Å²) in [6.45, 7) is 7.86. The fourth-order valence-corrected chi connectivity index (χ4v) is 4.91. The van der Waals surface area contributed by atoms with E-state index in [4.69, 9.17) is 14.7 Å². The molecule has 0 aliphatic heterocycles. The second kappa shape index (κ2) is 9.96. The van der Waals surface area contributed by atoms with Crippen LogP contribution in [-0.4, -0.2) is 75.7 Å². The lowest BCUT2D eigenvalue weighted by molar-refractivity contribution is -0.890. The minimum Gasteiger partial charge on any atom is -0.748 e. The lowest BCUT2D eigenvalue weighted by Gasteiger charge is -2.45. The minimum absolute atomic E-state index is 0.00451. The van der Waals surface area contributed by atoms with Crippen molar-refractivity contribution in [2.75, 3.05) is 46.2 Å². The first-order valence-electron chi connectivity index (χ1n) is 9.85. The molecule has 0 heterocycles. The van der Waals surface area contributed by atoms with Crippen LogP contribution in [0.1, 0.15) is 46.5 Å². The van der Waals surface area contributed by atoms with Gasteiger partial charge in [-0.15, -0.1) is 0 Å². The second-order valence-electron chi connectivity index (χ2n) is 9.92. The number of hydrogen-bond donors (Lipinski definition) is 1. The number of rotatable bonds is 10. The highest BCUT2D eigenvalue weighted by Crippen LogP contribution is 2.46. The molecule has 1 N–H and O–H groups in total. The summed E-state index contributed by atoms with van der Waals surface area (Å²) in [5.74, 6) is -0.387. The Bertz CT molecular complexity index is 701. The Labute approximate surface area is 174 Å². The van der Waals surface area contributed by atoms with E-state index in [0.29, 0.717) is 30.6 Å². The molecule has 2 atom stereocenters. The number of likely N-dealkylation sites (N-methyl/N-ethyl adjacent to an activating group) is 1. The minimum atomic E-state index is -4.20. The molecular formula is C19H35N3O6S. The number of alkyl carbamates (subject to hydrolysis) is 1. The van der Waals surface area contributed by atoms with E-state index in [0.717, 1.165) is 12.8 Å². The lowest BCUT2D eigenvalue weighted by Crippen LogP contribution is -2.49. The van der Waals surface area contributed by atoms with Crippen molar-refractivity contribution in [2.45, 2.75) is 52.5 Å². The molecular weight excluding hydrogens is 398 g/mol. The third-order valence-corrected chi connectivity index (χ3v) is 6.13. The topological polar surface area (TPSA) is 129 Å². The monoisotopic (exact) mass is 433 g/mol. The number of nitriles is 1. The molecule has 2 unspecified atom stereocenters. The number of amides is 1. The first kappa shape index (κ1) is 25.5. The van der Waals surface area contributed by atoms with Gasteiger partial charge in [-0.05, 0) is 24.7 Å². The Morgan fingerprint density at radius 1 is 1.28 bits per heavy atom. The van der Waals surface area contributed by atoms with E-state index in [2.05, 4.69) is 26.1 Å². The van der Waals surface area contributed by atoms with E-state index in [-0.39, 0.29) is 35.7 Å². The molecule has 0 radical (unpaired) electrons. The molecule has 29 heavy (non-hydrogen) atoms. The van der Waals surface area contributed by atoms with Gasteiger partial charge in [0.1, 0.15) is 19.8 Å². The third kappa shape index (κ3) is 10.7. The van der Waals surface area contributed by atoms with Gasteiger partial charge in [-0.3, -0.25) is 0 Å². The van der Waals surface area contributed by atoms with E-state index >= 15 is 0 Å². The molecule has 0 aromatic heterocycles. The Hall–Kier alpha value is -1.57. The highest BCUT2D eigenvalue weighted by Gasteiger charge is 2.42. The van der Waals surface area contributed by atoms with Gasteiger partial charge in [-0.2, -0.15) is 5.26 Å². The van der Waals surface area contributed by atoms with Crippen LogP contribution in [0.2, 0.25) is 0 Å². The van der Waals surface area contributed by atoms with E-state index in [1.807, 2.05) is 14.1 Å². The number of hydrogen-bond acceptors (Lipinski definition) is 7. The summed E-state index contributed by atoms with van der Waals surface area (Å²) in [5.41, 5.74) is -0.194. The number of quaternary nitrogens is 1. The summed E-state index contributed by atoms with van der Waals surface area (Å²) in [4.78, 5) is 12.2. The van der Waals surface area contributed by atoms with Crippen LogP contribution in [0.4, 0.5) is 4.79 Å². The molecule has 1 saturated carbocycles. The Morgan fingerprint density at radius 2 is 1.93 bits per heavy atom. The molecule has 1 amide bonds. The van der Waals surface area contributed by atoms with Crippen LogP contribution >= 0.6 is 0 Å². The normalized spacial score (nSPS) is 24.4. The number of carbonyl (C=O) groups is 1. The maximum Gasteiger partial charge on any atom is 0.407 e. The van der Waals surface area contributed by atoms with Gasteiger partial charge >= 0.3 is 6.09 Å². The third-order valence-electron chi connectivity index (χ3n) is 5.34. The van der Waals surface area contributed by atoms with Crippen molar-refractivity contribution in [1.82, 2.24) is 5.32 Å². The predicted molar refractivity (Wildman–Crippen MR) is 107 cm³/mol. The van der Waals surface area contributed by atoms with Gasteiger partial charge < -0.3 is 23.8 Å². The molecule has 1 aliphatic carbocycles. The van der Waals surface area contributed by atoms with E-state index in [1.54, 1.807) is 6.26 Å². The summed E-state index contributed by atoms with van der Waals surface area (Å²) in [6.07, 6.45) is 3.93. The molecule has 1 fully saturated rings. The van der Waals surface area contributed by atoms with Crippen LogP contribution in [0.25, 0.3) is 0 Å². The number of nitrogens with zero attached hydrogens (tertiary/aromatic N) is 2. The van der Waals surface area contributed by atoms with Crippen molar-refractivity contribution in [1.29, 1.82) is 5.26 Å². The average molecular weight is 434 g/mol. The van der Waals surface area contributed by atoms with Gasteiger partial charge in [0.05, 0.1) is 30.8 Å². The molecule has 1 rings (SSSR count). The van der Waals surface area contributed by atoms with Gasteiger partial charge in [0.25, 0.3) is 6.26 Å². The SMILES string of the molecule is CC1(C)CC(NC(=O)OCC[N+](C)(C)CCCS(=O)(=O)[O-])CC(C)(COC#N)C1. The summed E-state index contributed by atoms with van der Waals surface area (Å²) >= 11 is 0. The zero-order valence-corrected chi connectivity index (χ0v) is 19.0. The molecule has 1 aliphatic rings. The predicted octanol–water partition coefficient (Wildman–Crippen LogP) is 1.81. The van der Waals surface area contributed by atoms with Crippen molar-refractivity contribution in [3.8, 4) is 6.26 Å². The molecule has 0 saturated heterocycles. The summed E-state index contributed by atoms with van der Waals surface area (Å²) in [5, 5.41) is 11.6. The summed E-state index contributed by atoms with van der Waals surface area (Å²) in [6, 6.07) is -0.0664. The first-order chi connectivity index (χ1) is 13.2. The van der Waals surface area contributed by atoms with Gasteiger partial charge in [0.15, 0.2) is 0 Å². The average Bonchev–Trinajstić information content (AvgIpc) is 2.49. The Balaban J connectivity index is 2.46. The Morgan fingerprint density at radius 3 is 2.52 bits per heavy atom. The largest absolute Gasteiger partial charge is 0.748 e. The van der Waals surface area contributed by atoms with Crippen LogP contribution in [-0.2, 0) is 19.6 Å². The van der Waals surface area contributed by atoms with Gasteiger partial charge in [-0.1, -0.05) is 20.8 Å². The lowest BCUT2D eigenvalue weighted by atomic mass is 9.63. The quantitative estimate of drug-likeness (QED) is 0.316. The van der Waals surface area contributed by atoms with Crippen LogP contribution in [0, 0.1) is 22.3 Å². The van der Waals surface area contributed by atoms with Gasteiger partial charge in [-0.25, -0.2) is 13.2 Å². The maximum absolute atomic E-state index is 12.2. The van der Waals surface area contributed by atoms with Crippen LogP contribution in [0.15, 0.2) is 0 Å². The van der Waals surface area contributed by atoms with Crippen molar-refractivity contribution >= 4 is 16.2 Å². The van der Waals surface area contributed by atoms with E-state index < -0.39 is 16.2 Å². The molecule has 0 aromatic carbocycles. The van der Waals surface area contributed by atoms with Crippen LogP contribution in [0.3, 0.4) is 0 Å². The molecule has 0 spiro atoms. The molecule has 10 heteroatoms. The van der Waals surface area contributed by atoms with Crippen molar-refractivity contribution in [3.05, 3.63) is 0 Å². The van der Waals surface area contributed by atoms with Crippen molar-refractivity contribution in [2.24, 2.45) is 10.8 Å². The van der Waals surface area contributed by atoms with Gasteiger partial charge in [0.2, 0.25) is 0 Å². The molecule has 0 bridgehead atoms. The highest BCUT2D eigenvalue weighted by atomic mass is 32.2. The van der Waals surface area contributed by atoms with E-state index in [9.17, 15) is 17.8 Å². The van der Waals surface area contributed by atoms with E-state index in [1.165, 1.54) is 0 Å². The Kier molecular flexibility index (Phi) is 8.74. The smallest absolute Gasteiger partial charge is 0.407 e. The molecule has 9 nitrogen and oxygen atoms in total. The van der Waals surface area contributed by atoms with Crippen molar-refractivity contribution in [3.63, 3.8) is 0 Å². The fraction of sp³-hybridized carbons (Fsp3) is 0.895. The fourth-order valence-electron chi connectivity index (χ4n) is 4.43. The summed E-state index contributed by atoms with van der Waals surface area (Å²) < 4.78 is 42.8. The number of ether oxygens (including phenoxy) is 2. The van der Waals surface area contributed by atoms with Crippen LogP contribution < -0.4 is 5.32 Å². The molecule has 168 valence electrons.